The number of carbonyl (C=O) groups excluding carboxylic acids is 3. The van der Waals surface area contributed by atoms with Crippen LogP contribution < -0.4 is 15.6 Å². The van der Waals surface area contributed by atoms with E-state index < -0.39 is 23.9 Å². The summed E-state index contributed by atoms with van der Waals surface area (Å²) in [5.74, 6) is -1.98. The number of fused-ring (bicyclic) bond motifs is 1. The standard InChI is InChI=1S/C26H30N2O8/c1-7-17(28-19(29)13-14(4)16-11-10-12-18(33-6)22(16)28)23(30)27-24-21(26(32)35-9-3)20(15(5)36-24)25(31)34-8-2/h10-13,17H,7-9H2,1-6H3,(H,27,30). The van der Waals surface area contributed by atoms with Crippen molar-refractivity contribution in [3.05, 3.63) is 57.1 Å². The summed E-state index contributed by atoms with van der Waals surface area (Å²) in [4.78, 5) is 51.9. The van der Waals surface area contributed by atoms with Crippen LogP contribution >= 0.6 is 0 Å². The predicted octanol–water partition coefficient (Wildman–Crippen LogP) is 4.16. The van der Waals surface area contributed by atoms with Gasteiger partial charge in [-0.2, -0.15) is 0 Å². The zero-order chi connectivity index (χ0) is 26.6. The zero-order valence-corrected chi connectivity index (χ0v) is 21.2. The third-order valence-corrected chi connectivity index (χ3v) is 5.74. The van der Waals surface area contributed by atoms with Crippen LogP contribution in [0, 0.1) is 13.8 Å². The smallest absolute Gasteiger partial charge is 0.344 e. The van der Waals surface area contributed by atoms with E-state index in [2.05, 4.69) is 5.32 Å². The second-order valence-electron chi connectivity index (χ2n) is 7.98. The van der Waals surface area contributed by atoms with Crippen molar-refractivity contribution < 1.29 is 33.0 Å². The molecule has 3 aromatic rings. The van der Waals surface area contributed by atoms with Crippen molar-refractivity contribution in [2.75, 3.05) is 25.6 Å². The highest BCUT2D eigenvalue weighted by Gasteiger charge is 2.33. The number of nitrogens with one attached hydrogen (secondary N) is 1. The van der Waals surface area contributed by atoms with E-state index >= 15 is 0 Å². The van der Waals surface area contributed by atoms with E-state index in [1.54, 1.807) is 32.9 Å². The van der Waals surface area contributed by atoms with Crippen LogP contribution in [0.25, 0.3) is 10.9 Å². The molecule has 1 atom stereocenters. The van der Waals surface area contributed by atoms with Gasteiger partial charge < -0.3 is 18.6 Å². The lowest BCUT2D eigenvalue weighted by Gasteiger charge is -2.22. The molecule has 0 aliphatic rings. The SMILES string of the molecule is CCOC(=O)c1c(C)oc(NC(=O)C(CC)n2c(=O)cc(C)c3cccc(OC)c32)c1C(=O)OCC. The van der Waals surface area contributed by atoms with E-state index in [9.17, 15) is 19.2 Å². The Morgan fingerprint density at radius 3 is 2.25 bits per heavy atom. The van der Waals surface area contributed by atoms with Crippen molar-refractivity contribution in [2.24, 2.45) is 0 Å². The molecule has 36 heavy (non-hydrogen) atoms. The fourth-order valence-electron chi connectivity index (χ4n) is 4.17. The van der Waals surface area contributed by atoms with Crippen LogP contribution in [0.5, 0.6) is 5.75 Å². The predicted molar refractivity (Wildman–Crippen MR) is 133 cm³/mol. The van der Waals surface area contributed by atoms with Crippen LogP contribution in [0.4, 0.5) is 5.88 Å². The minimum absolute atomic E-state index is 0.0425. The summed E-state index contributed by atoms with van der Waals surface area (Å²) < 4.78 is 22.6. The average Bonchev–Trinajstić information content (AvgIpc) is 3.16. The molecule has 3 rings (SSSR count). The van der Waals surface area contributed by atoms with Gasteiger partial charge in [0.1, 0.15) is 28.7 Å². The van der Waals surface area contributed by atoms with Gasteiger partial charge in [0.2, 0.25) is 11.8 Å². The molecule has 2 heterocycles. The highest BCUT2D eigenvalue weighted by Crippen LogP contribution is 2.32. The Bertz CT molecular complexity index is 1370. The Morgan fingerprint density at radius 1 is 1.03 bits per heavy atom. The molecule has 10 nitrogen and oxygen atoms in total. The number of aromatic nitrogens is 1. The monoisotopic (exact) mass is 498 g/mol. The molecular weight excluding hydrogens is 468 g/mol. The number of amides is 1. The van der Waals surface area contributed by atoms with Crippen molar-refractivity contribution in [2.45, 2.75) is 47.1 Å². The number of methoxy groups -OCH3 is 1. The van der Waals surface area contributed by atoms with Crippen LogP contribution in [0.1, 0.15) is 65.3 Å². The number of anilines is 1. The molecule has 192 valence electrons. The number of nitrogens with zero attached hydrogens (tertiary/aromatic N) is 1. The van der Waals surface area contributed by atoms with Crippen molar-refractivity contribution in [1.82, 2.24) is 4.57 Å². The Balaban J connectivity index is 2.14. The average molecular weight is 499 g/mol. The van der Waals surface area contributed by atoms with E-state index in [0.717, 1.165) is 10.9 Å². The van der Waals surface area contributed by atoms with Gasteiger partial charge in [-0.25, -0.2) is 9.59 Å². The Morgan fingerprint density at radius 2 is 1.67 bits per heavy atom. The number of furan rings is 1. The first-order chi connectivity index (χ1) is 17.2. The fourth-order valence-corrected chi connectivity index (χ4v) is 4.17. The second kappa shape index (κ2) is 11.1. The molecule has 0 radical (unpaired) electrons. The summed E-state index contributed by atoms with van der Waals surface area (Å²) in [5.41, 5.74) is 0.458. The molecule has 1 unspecified atom stereocenters. The topological polar surface area (TPSA) is 126 Å². The summed E-state index contributed by atoms with van der Waals surface area (Å²) in [6.07, 6.45) is 0.237. The third kappa shape index (κ3) is 4.84. The highest BCUT2D eigenvalue weighted by molar-refractivity contribution is 6.09. The van der Waals surface area contributed by atoms with Gasteiger partial charge >= 0.3 is 11.9 Å². The van der Waals surface area contributed by atoms with Gasteiger partial charge in [-0.1, -0.05) is 19.1 Å². The first kappa shape index (κ1) is 26.5. The third-order valence-electron chi connectivity index (χ3n) is 5.74. The number of para-hydroxylation sites is 1. The van der Waals surface area contributed by atoms with Crippen molar-refractivity contribution in [3.8, 4) is 5.75 Å². The molecule has 1 aromatic carbocycles. The van der Waals surface area contributed by atoms with Crippen LogP contribution in [0.2, 0.25) is 0 Å². The maximum atomic E-state index is 13.5. The molecule has 0 fully saturated rings. The molecule has 0 saturated heterocycles. The van der Waals surface area contributed by atoms with Crippen molar-refractivity contribution >= 4 is 34.6 Å². The molecule has 1 amide bonds. The van der Waals surface area contributed by atoms with E-state index in [-0.39, 0.29) is 48.0 Å². The van der Waals surface area contributed by atoms with Crippen LogP contribution in [0.3, 0.4) is 0 Å². The number of carbonyl (C=O) groups is 3. The van der Waals surface area contributed by atoms with E-state index in [1.807, 2.05) is 13.0 Å². The zero-order valence-electron chi connectivity index (χ0n) is 21.2. The quantitative estimate of drug-likeness (QED) is 0.436. The fraction of sp³-hybridized carbons (Fsp3) is 0.385. The number of aryl methyl sites for hydroxylation is 2. The molecule has 0 aliphatic heterocycles. The summed E-state index contributed by atoms with van der Waals surface area (Å²) in [6, 6.07) is 5.83. The van der Waals surface area contributed by atoms with Gasteiger partial charge in [0.05, 0.1) is 25.8 Å². The first-order valence-electron chi connectivity index (χ1n) is 11.7. The lowest BCUT2D eigenvalue weighted by Crippen LogP contribution is -2.33. The first-order valence-corrected chi connectivity index (χ1v) is 11.7. The number of benzene rings is 1. The van der Waals surface area contributed by atoms with Gasteiger partial charge in [0, 0.05) is 11.5 Å². The van der Waals surface area contributed by atoms with Crippen molar-refractivity contribution in [1.29, 1.82) is 0 Å². The van der Waals surface area contributed by atoms with Crippen LogP contribution in [-0.4, -0.2) is 42.7 Å². The molecule has 0 saturated carbocycles. The lowest BCUT2D eigenvalue weighted by atomic mass is 10.1. The molecular formula is C26H30N2O8. The molecule has 0 spiro atoms. The molecule has 1 N–H and O–H groups in total. The van der Waals surface area contributed by atoms with Crippen LogP contribution in [-0.2, 0) is 14.3 Å². The minimum Gasteiger partial charge on any atom is -0.495 e. The summed E-state index contributed by atoms with van der Waals surface area (Å²) in [6.45, 7) is 8.40. The van der Waals surface area contributed by atoms with Crippen molar-refractivity contribution in [3.63, 3.8) is 0 Å². The number of pyridine rings is 1. The highest BCUT2D eigenvalue weighted by atomic mass is 16.5. The van der Waals surface area contributed by atoms with Crippen LogP contribution in [0.15, 0.2) is 33.5 Å². The Hall–Kier alpha value is -4.08. The minimum atomic E-state index is -0.983. The van der Waals surface area contributed by atoms with E-state index in [0.29, 0.717) is 11.3 Å². The Kier molecular flexibility index (Phi) is 8.18. The summed E-state index contributed by atoms with van der Waals surface area (Å²) >= 11 is 0. The van der Waals surface area contributed by atoms with Gasteiger partial charge in [-0.15, -0.1) is 0 Å². The van der Waals surface area contributed by atoms with Gasteiger partial charge in [-0.05, 0) is 45.7 Å². The van der Waals surface area contributed by atoms with E-state index in [1.165, 1.54) is 24.7 Å². The number of hydrogen-bond acceptors (Lipinski definition) is 8. The second-order valence-corrected chi connectivity index (χ2v) is 7.98. The molecule has 0 bridgehead atoms. The largest absolute Gasteiger partial charge is 0.495 e. The van der Waals surface area contributed by atoms with Gasteiger partial charge in [0.25, 0.3) is 5.56 Å². The lowest BCUT2D eigenvalue weighted by molar-refractivity contribution is -0.119. The summed E-state index contributed by atoms with van der Waals surface area (Å²) in [7, 11) is 1.49. The van der Waals surface area contributed by atoms with Gasteiger partial charge in [-0.3, -0.25) is 19.5 Å². The molecule has 2 aromatic heterocycles. The Labute approximate surface area is 208 Å². The maximum absolute atomic E-state index is 13.5. The number of ether oxygens (including phenoxy) is 3. The number of rotatable bonds is 9. The number of esters is 2. The molecule has 10 heteroatoms. The normalized spacial score (nSPS) is 11.7. The molecule has 0 aliphatic carbocycles. The number of hydrogen-bond donors (Lipinski definition) is 1. The van der Waals surface area contributed by atoms with Gasteiger partial charge in [0.15, 0.2) is 0 Å². The maximum Gasteiger partial charge on any atom is 0.344 e. The van der Waals surface area contributed by atoms with E-state index in [4.69, 9.17) is 18.6 Å². The summed E-state index contributed by atoms with van der Waals surface area (Å²) in [5, 5.41) is 3.34.